The van der Waals surface area contributed by atoms with Gasteiger partial charge in [-0.15, -0.1) is 0 Å². The van der Waals surface area contributed by atoms with Gasteiger partial charge in [-0.1, -0.05) is 30.3 Å². The van der Waals surface area contributed by atoms with Gasteiger partial charge in [0, 0.05) is 57.0 Å². The lowest BCUT2D eigenvalue weighted by Crippen LogP contribution is -2.41. The Morgan fingerprint density at radius 2 is 1.88 bits per heavy atom. The monoisotopic (exact) mass is 429 g/mol. The van der Waals surface area contributed by atoms with Gasteiger partial charge in [0.1, 0.15) is 11.3 Å². The normalized spacial score (nSPS) is 11.9. The van der Waals surface area contributed by atoms with E-state index in [4.69, 9.17) is 0 Å². The number of rotatable bonds is 8. The van der Waals surface area contributed by atoms with Crippen LogP contribution in [0.5, 0.6) is 0 Å². The van der Waals surface area contributed by atoms with Crippen LogP contribution >= 0.6 is 0 Å². The van der Waals surface area contributed by atoms with Crippen LogP contribution < -0.4 is 5.32 Å². The van der Waals surface area contributed by atoms with Crippen LogP contribution in [-0.2, 0) is 13.5 Å². The molecule has 0 spiro atoms. The van der Waals surface area contributed by atoms with Crippen molar-refractivity contribution in [2.75, 3.05) is 13.6 Å². The zero-order chi connectivity index (χ0) is 22.5. The zero-order valence-electron chi connectivity index (χ0n) is 18.3. The predicted molar refractivity (Wildman–Crippen MR) is 124 cm³/mol. The van der Waals surface area contributed by atoms with Gasteiger partial charge in [0.15, 0.2) is 0 Å². The van der Waals surface area contributed by atoms with E-state index in [2.05, 4.69) is 22.4 Å². The summed E-state index contributed by atoms with van der Waals surface area (Å²) in [7, 11) is 3.67. The molecule has 1 unspecified atom stereocenters. The van der Waals surface area contributed by atoms with Crippen LogP contribution in [0.15, 0.2) is 79.4 Å². The highest BCUT2D eigenvalue weighted by molar-refractivity contribution is 5.95. The van der Waals surface area contributed by atoms with Crippen molar-refractivity contribution >= 4 is 17.5 Å². The van der Waals surface area contributed by atoms with Crippen LogP contribution in [0.4, 0.5) is 0 Å². The van der Waals surface area contributed by atoms with E-state index in [1.807, 2.05) is 67.4 Å². The minimum Gasteiger partial charge on any atom is -0.351 e. The highest BCUT2D eigenvalue weighted by Crippen LogP contribution is 2.15. The number of likely N-dealkylation sites (N-methyl/N-ethyl adjacent to an activating group) is 1. The van der Waals surface area contributed by atoms with Crippen molar-refractivity contribution in [2.45, 2.75) is 18.9 Å². The number of amides is 2. The molecule has 0 bridgehead atoms. The van der Waals surface area contributed by atoms with Crippen LogP contribution in [0.25, 0.3) is 5.65 Å². The molecular formula is C25H27N5O2. The molecule has 7 nitrogen and oxygen atoms in total. The maximum Gasteiger partial charge on any atom is 0.267 e. The average Bonchev–Trinajstić information content (AvgIpc) is 3.46. The molecule has 4 rings (SSSR count). The summed E-state index contributed by atoms with van der Waals surface area (Å²) in [4.78, 5) is 31.8. The summed E-state index contributed by atoms with van der Waals surface area (Å²) in [5, 5.41) is 2.99. The van der Waals surface area contributed by atoms with Crippen molar-refractivity contribution in [1.29, 1.82) is 0 Å². The summed E-state index contributed by atoms with van der Waals surface area (Å²) in [6.45, 7) is 0.471. The molecule has 3 heterocycles. The van der Waals surface area contributed by atoms with Gasteiger partial charge in [-0.25, -0.2) is 4.98 Å². The first-order valence-corrected chi connectivity index (χ1v) is 10.7. The summed E-state index contributed by atoms with van der Waals surface area (Å²) < 4.78 is 3.66. The van der Waals surface area contributed by atoms with E-state index in [0.717, 1.165) is 11.2 Å². The number of carbonyl (C=O) groups is 2. The lowest BCUT2D eigenvalue weighted by molar-refractivity contribution is 0.0722. The number of aromatic nitrogens is 3. The number of benzene rings is 1. The number of nitrogens with one attached hydrogen (secondary N) is 1. The molecule has 164 valence electrons. The number of aryl methyl sites for hydroxylation is 1. The third kappa shape index (κ3) is 4.72. The molecule has 0 aliphatic carbocycles. The summed E-state index contributed by atoms with van der Waals surface area (Å²) in [5.74, 6) is -0.181. The van der Waals surface area contributed by atoms with E-state index in [9.17, 15) is 9.59 Å². The molecule has 0 saturated heterocycles. The maximum absolute atomic E-state index is 13.3. The molecule has 0 fully saturated rings. The minimum atomic E-state index is -0.116. The molecule has 1 atom stereocenters. The molecule has 3 aromatic heterocycles. The number of fused-ring (bicyclic) bond motifs is 1. The second-order valence-electron chi connectivity index (χ2n) is 7.92. The standard InChI is InChI=1S/C25H27N5O2/c1-28-14-6-9-22(28)24(31)27-12-10-21(17-19-7-4-3-5-8-19)29(2)25(32)20-11-15-30-16-13-26-23(30)18-20/h3-9,11,13-16,18,21H,10,12,17H2,1-2H3,(H,27,31). The van der Waals surface area contributed by atoms with Gasteiger partial charge in [0.25, 0.3) is 11.8 Å². The molecule has 32 heavy (non-hydrogen) atoms. The zero-order valence-corrected chi connectivity index (χ0v) is 18.3. The SMILES string of the molecule is CN(C(=O)c1ccn2ccnc2c1)C(CCNC(=O)c1cccn1C)Cc1ccccc1. The number of pyridine rings is 1. The molecule has 2 amide bonds. The molecule has 0 radical (unpaired) electrons. The first kappa shape index (κ1) is 21.4. The topological polar surface area (TPSA) is 71.6 Å². The maximum atomic E-state index is 13.3. The number of carbonyl (C=O) groups excluding carboxylic acids is 2. The van der Waals surface area contributed by atoms with Crippen molar-refractivity contribution in [2.24, 2.45) is 7.05 Å². The Morgan fingerprint density at radius 1 is 1.06 bits per heavy atom. The number of hydrogen-bond acceptors (Lipinski definition) is 3. The van der Waals surface area contributed by atoms with Crippen molar-refractivity contribution in [1.82, 2.24) is 24.2 Å². The highest BCUT2D eigenvalue weighted by Gasteiger charge is 2.22. The molecular weight excluding hydrogens is 402 g/mol. The Bertz CT molecular complexity index is 1210. The number of imidazole rings is 1. The largest absolute Gasteiger partial charge is 0.351 e. The minimum absolute atomic E-state index is 0.0646. The molecule has 7 heteroatoms. The molecule has 0 saturated carbocycles. The second kappa shape index (κ2) is 9.51. The summed E-state index contributed by atoms with van der Waals surface area (Å²) in [5.41, 5.74) is 3.09. The predicted octanol–water partition coefficient (Wildman–Crippen LogP) is 3.18. The van der Waals surface area contributed by atoms with Crippen LogP contribution in [0, 0.1) is 0 Å². The van der Waals surface area contributed by atoms with E-state index in [1.165, 1.54) is 0 Å². The third-order valence-corrected chi connectivity index (χ3v) is 5.77. The fourth-order valence-electron chi connectivity index (χ4n) is 3.87. The quantitative estimate of drug-likeness (QED) is 0.468. The van der Waals surface area contributed by atoms with E-state index < -0.39 is 0 Å². The summed E-state index contributed by atoms with van der Waals surface area (Å²) in [6, 6.07) is 17.3. The molecule has 4 aromatic rings. The van der Waals surface area contributed by atoms with E-state index in [-0.39, 0.29) is 17.9 Å². The van der Waals surface area contributed by atoms with Crippen LogP contribution in [0.3, 0.4) is 0 Å². The van der Waals surface area contributed by atoms with Gasteiger partial charge < -0.3 is 19.2 Å². The Labute approximate surface area is 187 Å². The Morgan fingerprint density at radius 3 is 2.62 bits per heavy atom. The van der Waals surface area contributed by atoms with Gasteiger partial charge in [0.2, 0.25) is 0 Å². The fraction of sp³-hybridized carbons (Fsp3) is 0.240. The molecule has 0 aliphatic rings. The van der Waals surface area contributed by atoms with Crippen LogP contribution in [0.1, 0.15) is 32.8 Å². The molecule has 1 N–H and O–H groups in total. The Balaban J connectivity index is 1.48. The summed E-state index contributed by atoms with van der Waals surface area (Å²) >= 11 is 0. The van der Waals surface area contributed by atoms with Gasteiger partial charge >= 0.3 is 0 Å². The fourth-order valence-corrected chi connectivity index (χ4v) is 3.87. The van der Waals surface area contributed by atoms with Gasteiger partial charge in [0.05, 0.1) is 0 Å². The smallest absolute Gasteiger partial charge is 0.267 e. The Kier molecular flexibility index (Phi) is 6.35. The second-order valence-corrected chi connectivity index (χ2v) is 7.92. The molecule has 1 aromatic carbocycles. The average molecular weight is 430 g/mol. The van der Waals surface area contributed by atoms with Crippen molar-refractivity contribution < 1.29 is 9.59 Å². The van der Waals surface area contributed by atoms with E-state index in [1.54, 1.807) is 27.8 Å². The lowest BCUT2D eigenvalue weighted by atomic mass is 10.0. The first-order valence-electron chi connectivity index (χ1n) is 10.7. The van der Waals surface area contributed by atoms with E-state index in [0.29, 0.717) is 30.6 Å². The highest BCUT2D eigenvalue weighted by atomic mass is 16.2. The van der Waals surface area contributed by atoms with Crippen molar-refractivity contribution in [3.63, 3.8) is 0 Å². The lowest BCUT2D eigenvalue weighted by Gasteiger charge is -2.29. The third-order valence-electron chi connectivity index (χ3n) is 5.77. The van der Waals surface area contributed by atoms with Crippen LogP contribution in [-0.4, -0.2) is 50.3 Å². The first-order chi connectivity index (χ1) is 15.5. The van der Waals surface area contributed by atoms with Crippen LogP contribution in [0.2, 0.25) is 0 Å². The van der Waals surface area contributed by atoms with Gasteiger partial charge in [-0.05, 0) is 42.7 Å². The van der Waals surface area contributed by atoms with Gasteiger partial charge in [-0.3, -0.25) is 9.59 Å². The summed E-state index contributed by atoms with van der Waals surface area (Å²) in [6.07, 6.45) is 8.58. The van der Waals surface area contributed by atoms with E-state index >= 15 is 0 Å². The van der Waals surface area contributed by atoms with Crippen molar-refractivity contribution in [3.8, 4) is 0 Å². The van der Waals surface area contributed by atoms with Crippen molar-refractivity contribution in [3.05, 3.63) is 96.2 Å². The number of nitrogens with zero attached hydrogens (tertiary/aromatic N) is 4. The van der Waals surface area contributed by atoms with Gasteiger partial charge in [-0.2, -0.15) is 0 Å². The Hall–Kier alpha value is -3.87. The number of hydrogen-bond donors (Lipinski definition) is 1. The molecule has 0 aliphatic heterocycles.